The van der Waals surface area contributed by atoms with E-state index in [4.69, 9.17) is 37.0 Å². The van der Waals surface area contributed by atoms with Gasteiger partial charge >= 0.3 is 39.5 Å². The number of allylic oxidation sites excluding steroid dienone is 28. The summed E-state index contributed by atoms with van der Waals surface area (Å²) in [5.74, 6) is -2.33. The summed E-state index contributed by atoms with van der Waals surface area (Å²) in [6.07, 6.45) is 89.2. The van der Waals surface area contributed by atoms with Crippen LogP contribution in [-0.4, -0.2) is 96.7 Å². The lowest BCUT2D eigenvalue weighted by Gasteiger charge is -2.21. The zero-order chi connectivity index (χ0) is 76.0. The maximum Gasteiger partial charge on any atom is 0.472 e. The van der Waals surface area contributed by atoms with E-state index in [0.717, 1.165) is 173 Å². The molecule has 5 atom stereocenters. The molecule has 0 bridgehead atoms. The molecule has 0 aromatic rings. The Bertz CT molecular complexity index is 2640. The average molecular weight is 1490 g/mol. The molecule has 0 aliphatic heterocycles. The summed E-state index contributed by atoms with van der Waals surface area (Å²) < 4.78 is 68.4. The van der Waals surface area contributed by atoms with Crippen LogP contribution in [0.2, 0.25) is 0 Å². The van der Waals surface area contributed by atoms with Gasteiger partial charge in [-0.15, -0.1) is 0 Å². The monoisotopic (exact) mass is 1490 g/mol. The van der Waals surface area contributed by atoms with Crippen molar-refractivity contribution < 1.29 is 80.2 Å². The van der Waals surface area contributed by atoms with E-state index in [2.05, 4.69) is 186 Å². The van der Waals surface area contributed by atoms with Gasteiger partial charge in [0.1, 0.15) is 19.3 Å². The number of carbonyl (C=O) groups is 4. The zero-order valence-electron chi connectivity index (χ0n) is 64.4. The van der Waals surface area contributed by atoms with Crippen LogP contribution in [0, 0.1) is 0 Å². The molecular formula is C85H138O17P2. The second-order valence-corrected chi connectivity index (χ2v) is 28.4. The Morgan fingerprint density at radius 1 is 0.279 bits per heavy atom. The molecule has 17 nitrogen and oxygen atoms in total. The Labute approximate surface area is 629 Å². The first-order valence-corrected chi connectivity index (χ1v) is 42.4. The SMILES string of the molecule is CC/C=C\C/C=C\C/C=C\C/C=C\C/C=C\CCCC(=O)OCC(COP(=O)(O)OCC(O)COP(=O)(O)OCC(COC(=O)CCCCCCCC/C=C\C/C=C\C/C=C\CCCCC)OC(=O)CCCC/C=C\C/C=C\C/C=C\C/C=C\CC)OC(=O)CCCCCCC/C=C\C/C=C\CCC. The lowest BCUT2D eigenvalue weighted by atomic mass is 10.1. The van der Waals surface area contributed by atoms with Crippen molar-refractivity contribution in [3.63, 3.8) is 0 Å². The van der Waals surface area contributed by atoms with Crippen molar-refractivity contribution in [2.45, 2.75) is 303 Å². The first-order valence-electron chi connectivity index (χ1n) is 39.4. The highest BCUT2D eigenvalue weighted by Crippen LogP contribution is 2.45. The summed E-state index contributed by atoms with van der Waals surface area (Å²) in [7, 11) is -10.0. The van der Waals surface area contributed by atoms with E-state index in [-0.39, 0.29) is 25.7 Å². The van der Waals surface area contributed by atoms with Crippen molar-refractivity contribution in [3.05, 3.63) is 170 Å². The zero-order valence-corrected chi connectivity index (χ0v) is 66.2. The molecule has 0 aliphatic rings. The lowest BCUT2D eigenvalue weighted by Crippen LogP contribution is -2.30. The Morgan fingerprint density at radius 3 is 0.865 bits per heavy atom. The highest BCUT2D eigenvalue weighted by Gasteiger charge is 2.30. The van der Waals surface area contributed by atoms with E-state index < -0.39 is 97.5 Å². The first-order chi connectivity index (χ1) is 50.7. The predicted molar refractivity (Wildman–Crippen MR) is 426 cm³/mol. The van der Waals surface area contributed by atoms with Crippen LogP contribution < -0.4 is 0 Å². The molecule has 0 rings (SSSR count). The van der Waals surface area contributed by atoms with Gasteiger partial charge in [-0.25, -0.2) is 9.13 Å². The van der Waals surface area contributed by atoms with E-state index in [1.54, 1.807) is 0 Å². The van der Waals surface area contributed by atoms with Gasteiger partial charge in [0.25, 0.3) is 0 Å². The van der Waals surface area contributed by atoms with Gasteiger partial charge < -0.3 is 33.8 Å². The molecule has 0 saturated carbocycles. The molecule has 590 valence electrons. The fraction of sp³-hybridized carbons (Fsp3) is 0.624. The number of hydrogen-bond donors (Lipinski definition) is 3. The van der Waals surface area contributed by atoms with E-state index in [1.807, 2.05) is 12.2 Å². The molecule has 19 heteroatoms. The van der Waals surface area contributed by atoms with Gasteiger partial charge in [0.05, 0.1) is 26.4 Å². The quantitative estimate of drug-likeness (QED) is 0.0169. The second kappa shape index (κ2) is 75.6. The molecule has 0 aliphatic carbocycles. The number of hydrogen-bond acceptors (Lipinski definition) is 15. The van der Waals surface area contributed by atoms with Crippen molar-refractivity contribution >= 4 is 39.5 Å². The van der Waals surface area contributed by atoms with Crippen molar-refractivity contribution in [1.29, 1.82) is 0 Å². The van der Waals surface area contributed by atoms with Crippen molar-refractivity contribution in [2.75, 3.05) is 39.6 Å². The van der Waals surface area contributed by atoms with Crippen LogP contribution in [0.3, 0.4) is 0 Å². The topological polar surface area (TPSA) is 237 Å². The summed E-state index contributed by atoms with van der Waals surface area (Å²) in [6, 6.07) is 0. The Kier molecular flexibility index (Phi) is 71.6. The number of rotatable bonds is 72. The molecule has 0 aromatic carbocycles. The van der Waals surface area contributed by atoms with E-state index in [0.29, 0.717) is 38.5 Å². The minimum atomic E-state index is -5.00. The van der Waals surface area contributed by atoms with Crippen molar-refractivity contribution in [3.8, 4) is 0 Å². The van der Waals surface area contributed by atoms with E-state index >= 15 is 0 Å². The summed E-state index contributed by atoms with van der Waals surface area (Å²) in [4.78, 5) is 73.0. The molecule has 0 radical (unpaired) electrons. The third kappa shape index (κ3) is 74.7. The van der Waals surface area contributed by atoms with Crippen LogP contribution in [0.4, 0.5) is 0 Å². The lowest BCUT2D eigenvalue weighted by molar-refractivity contribution is -0.161. The van der Waals surface area contributed by atoms with Gasteiger partial charge in [0.15, 0.2) is 12.2 Å². The van der Waals surface area contributed by atoms with Crippen molar-refractivity contribution in [1.82, 2.24) is 0 Å². The van der Waals surface area contributed by atoms with Gasteiger partial charge in [-0.05, 0) is 167 Å². The maximum absolute atomic E-state index is 13.1. The summed E-state index contributed by atoms with van der Waals surface area (Å²) >= 11 is 0. The third-order valence-corrected chi connectivity index (χ3v) is 17.5. The van der Waals surface area contributed by atoms with Gasteiger partial charge in [-0.2, -0.15) is 0 Å². The average Bonchev–Trinajstić information content (AvgIpc) is 0.918. The van der Waals surface area contributed by atoms with Gasteiger partial charge in [0.2, 0.25) is 0 Å². The number of ether oxygens (including phenoxy) is 4. The Hall–Kier alpha value is -5.58. The number of phosphoric ester groups is 2. The first kappa shape index (κ1) is 98.4. The number of aliphatic hydroxyl groups is 1. The van der Waals surface area contributed by atoms with Crippen LogP contribution in [0.25, 0.3) is 0 Å². The smallest absolute Gasteiger partial charge is 0.462 e. The molecule has 0 aromatic heterocycles. The number of phosphoric acid groups is 2. The molecule has 0 fully saturated rings. The van der Waals surface area contributed by atoms with Gasteiger partial charge in [-0.3, -0.25) is 37.3 Å². The number of aliphatic hydroxyl groups excluding tert-OH is 1. The number of unbranched alkanes of at least 4 members (excludes halogenated alkanes) is 18. The molecule has 0 spiro atoms. The number of carbonyl (C=O) groups excluding carboxylic acids is 4. The minimum absolute atomic E-state index is 0.0323. The summed E-state index contributed by atoms with van der Waals surface area (Å²) in [6.45, 7) is 4.39. The second-order valence-electron chi connectivity index (χ2n) is 25.5. The fourth-order valence-electron chi connectivity index (χ4n) is 9.70. The van der Waals surface area contributed by atoms with Crippen LogP contribution in [-0.2, 0) is 65.4 Å². The van der Waals surface area contributed by atoms with Crippen LogP contribution >= 0.6 is 15.6 Å². The normalized spacial score (nSPS) is 14.8. The van der Waals surface area contributed by atoms with Crippen LogP contribution in [0.5, 0.6) is 0 Å². The standard InChI is InChI=1S/C85H138O17P2/c1-5-9-13-17-21-25-29-33-36-38-39-41-44-47-50-54-58-62-66-70-83(88)96-76-81(102-85(90)72-68-64-60-56-52-48-42-35-31-27-23-19-15-11-7-3)78-100-104(93,94)98-74-79(86)73-97-103(91,92)99-77-80(101-84(89)71-67-63-59-55-51-45-32-28-24-20-16-12-8-4)75-95-82(87)69-65-61-57-53-49-46-43-40-37-34-30-26-22-18-14-10-6-2/h10-11,14-16,20-23,25-28,32-37,39,41-43,46,52-53,56-57,79-81,86H,5-9,12-13,17-19,24,29-31,38,40,44-45,47-51,54-55,58-78H2,1-4H3,(H,91,92)(H,93,94)/b14-10-,15-11-,20-16-,25-21-,26-22-,27-23-,32-28-,36-33-,37-34-,41-39-,42-35-,46-43-,56-52-,57-53-. The summed E-state index contributed by atoms with van der Waals surface area (Å²) in [5, 5.41) is 10.6. The molecular weight excluding hydrogens is 1350 g/mol. The van der Waals surface area contributed by atoms with Crippen LogP contribution in [0.15, 0.2) is 170 Å². The highest BCUT2D eigenvalue weighted by molar-refractivity contribution is 7.47. The van der Waals surface area contributed by atoms with E-state index in [9.17, 15) is 43.2 Å². The number of esters is 4. The fourth-order valence-corrected chi connectivity index (χ4v) is 11.3. The Balaban J connectivity index is 5.46. The summed E-state index contributed by atoms with van der Waals surface area (Å²) in [5.41, 5.74) is 0. The predicted octanol–water partition coefficient (Wildman–Crippen LogP) is 23.0. The largest absolute Gasteiger partial charge is 0.472 e. The maximum atomic E-state index is 13.1. The van der Waals surface area contributed by atoms with Gasteiger partial charge in [-0.1, -0.05) is 262 Å². The highest BCUT2D eigenvalue weighted by atomic mass is 31.2. The van der Waals surface area contributed by atoms with E-state index in [1.165, 1.54) is 19.3 Å². The molecule has 0 amide bonds. The molecule has 104 heavy (non-hydrogen) atoms. The third-order valence-electron chi connectivity index (χ3n) is 15.6. The van der Waals surface area contributed by atoms with Crippen molar-refractivity contribution in [2.24, 2.45) is 0 Å². The molecule has 0 heterocycles. The minimum Gasteiger partial charge on any atom is -0.462 e. The van der Waals surface area contributed by atoms with Crippen LogP contribution in [0.1, 0.15) is 285 Å². The van der Waals surface area contributed by atoms with Gasteiger partial charge in [0, 0.05) is 25.7 Å². The molecule has 3 N–H and O–H groups in total. The molecule has 5 unspecified atom stereocenters. The Morgan fingerprint density at radius 2 is 0.529 bits per heavy atom. The molecule has 0 saturated heterocycles.